The molecule has 0 unspecified atom stereocenters. The van der Waals surface area contributed by atoms with E-state index in [4.69, 9.17) is 28.4 Å². The first kappa shape index (κ1) is 22.0. The van der Waals surface area contributed by atoms with Gasteiger partial charge in [-0.2, -0.15) is 0 Å². The molecule has 0 N–H and O–H groups in total. The van der Waals surface area contributed by atoms with Crippen molar-refractivity contribution >= 4 is 10.8 Å². The minimum Gasteiger partial charge on any atom is -0.869 e. The topological polar surface area (TPSA) is 102 Å². The fourth-order valence-electron chi connectivity index (χ4n) is 2.49. The zero-order valence-electron chi connectivity index (χ0n) is 16.2. The predicted molar refractivity (Wildman–Crippen MR) is 99.2 cm³/mol. The standard InChI is InChI=1S/C20H28O8/c1-23-7-9-25-11-13-27-19-17(21)15-5-3-4-6-16(15)18(22)20(19)28-14-12-26-10-8-24-2/h3-6,21-22H,7-14H2,1-2H3/p-2. The molecule has 0 fully saturated rings. The maximum Gasteiger partial charge on any atom is 0.153 e. The third-order valence-electron chi connectivity index (χ3n) is 3.85. The Hall–Kier alpha value is -2.26. The highest BCUT2D eigenvalue weighted by Gasteiger charge is 2.13. The summed E-state index contributed by atoms with van der Waals surface area (Å²) in [6.07, 6.45) is 0. The fourth-order valence-corrected chi connectivity index (χ4v) is 2.49. The SMILES string of the molecule is COCCOCCOc1c(OCCOCCOC)c([O-])c2ccccc2c1[O-]. The lowest BCUT2D eigenvalue weighted by Gasteiger charge is -2.27. The monoisotopic (exact) mass is 394 g/mol. The van der Waals surface area contributed by atoms with Gasteiger partial charge in [-0.25, -0.2) is 0 Å². The zero-order valence-corrected chi connectivity index (χ0v) is 16.2. The molecule has 2 rings (SSSR count). The molecule has 0 aliphatic heterocycles. The van der Waals surface area contributed by atoms with E-state index in [0.29, 0.717) is 37.2 Å². The van der Waals surface area contributed by atoms with E-state index in [1.54, 1.807) is 38.5 Å². The van der Waals surface area contributed by atoms with Crippen molar-refractivity contribution in [2.45, 2.75) is 0 Å². The van der Waals surface area contributed by atoms with Crippen molar-refractivity contribution in [2.24, 2.45) is 0 Å². The second-order valence-electron chi connectivity index (χ2n) is 5.77. The summed E-state index contributed by atoms with van der Waals surface area (Å²) in [4.78, 5) is 0. The van der Waals surface area contributed by atoms with Crippen molar-refractivity contribution in [1.82, 2.24) is 0 Å². The van der Waals surface area contributed by atoms with Crippen LogP contribution >= 0.6 is 0 Å². The summed E-state index contributed by atoms with van der Waals surface area (Å²) in [6, 6.07) is 6.59. The number of ether oxygens (including phenoxy) is 6. The van der Waals surface area contributed by atoms with Crippen LogP contribution < -0.4 is 19.7 Å². The maximum atomic E-state index is 12.8. The van der Waals surface area contributed by atoms with Crippen molar-refractivity contribution in [3.63, 3.8) is 0 Å². The fraction of sp³-hybridized carbons (Fsp3) is 0.500. The van der Waals surface area contributed by atoms with E-state index in [1.165, 1.54) is 0 Å². The number of rotatable bonds is 14. The van der Waals surface area contributed by atoms with E-state index in [-0.39, 0.29) is 49.4 Å². The quantitative estimate of drug-likeness (QED) is 0.439. The predicted octanol–water partition coefficient (Wildman–Crippen LogP) is 1.07. The van der Waals surface area contributed by atoms with Crippen LogP contribution in [0.1, 0.15) is 0 Å². The largest absolute Gasteiger partial charge is 0.869 e. The highest BCUT2D eigenvalue weighted by molar-refractivity contribution is 5.97. The van der Waals surface area contributed by atoms with Gasteiger partial charge in [-0.3, -0.25) is 0 Å². The molecule has 0 amide bonds. The van der Waals surface area contributed by atoms with Crippen molar-refractivity contribution in [1.29, 1.82) is 0 Å². The van der Waals surface area contributed by atoms with Gasteiger partial charge in [0.25, 0.3) is 0 Å². The Morgan fingerprint density at radius 2 is 1.00 bits per heavy atom. The van der Waals surface area contributed by atoms with Gasteiger partial charge in [0.1, 0.15) is 13.2 Å². The molecule has 8 heteroatoms. The van der Waals surface area contributed by atoms with E-state index in [2.05, 4.69) is 0 Å². The van der Waals surface area contributed by atoms with Gasteiger partial charge in [0, 0.05) is 14.2 Å². The molecule has 2 aromatic rings. The molecule has 156 valence electrons. The van der Waals surface area contributed by atoms with E-state index >= 15 is 0 Å². The van der Waals surface area contributed by atoms with E-state index in [0.717, 1.165) is 0 Å². The summed E-state index contributed by atoms with van der Waals surface area (Å²) in [6.45, 7) is 2.48. The van der Waals surface area contributed by atoms with Crippen molar-refractivity contribution in [3.05, 3.63) is 24.3 Å². The average molecular weight is 394 g/mol. The Morgan fingerprint density at radius 1 is 0.607 bits per heavy atom. The van der Waals surface area contributed by atoms with E-state index in [9.17, 15) is 10.2 Å². The molecule has 0 heterocycles. The molecule has 0 saturated carbocycles. The molecule has 0 aliphatic carbocycles. The molecule has 0 atom stereocenters. The molecule has 8 nitrogen and oxygen atoms in total. The molecule has 0 bridgehead atoms. The summed E-state index contributed by atoms with van der Waals surface area (Å²) in [5.74, 6) is -0.975. The van der Waals surface area contributed by atoms with Gasteiger partial charge in [-0.05, 0) is 10.8 Å². The molecule has 0 saturated heterocycles. The summed E-state index contributed by atoms with van der Waals surface area (Å²) < 4.78 is 31.6. The van der Waals surface area contributed by atoms with Crippen LogP contribution in [0.15, 0.2) is 24.3 Å². The van der Waals surface area contributed by atoms with Gasteiger partial charge in [0.15, 0.2) is 11.5 Å². The Bertz CT molecular complexity index is 658. The first-order valence-electron chi connectivity index (χ1n) is 9.02. The Morgan fingerprint density at radius 3 is 1.39 bits per heavy atom. The molecular formula is C20H26O8-2. The highest BCUT2D eigenvalue weighted by Crippen LogP contribution is 2.47. The van der Waals surface area contributed by atoms with Gasteiger partial charge in [0.2, 0.25) is 0 Å². The second kappa shape index (κ2) is 12.2. The molecule has 0 radical (unpaired) electrons. The Kier molecular flexibility index (Phi) is 9.64. The van der Waals surface area contributed by atoms with Gasteiger partial charge in [0.05, 0.1) is 39.6 Å². The summed E-state index contributed by atoms with van der Waals surface area (Å²) in [7, 11) is 3.16. The lowest BCUT2D eigenvalue weighted by atomic mass is 10.1. The maximum absolute atomic E-state index is 12.8. The number of benzene rings is 2. The minimum atomic E-state index is -0.387. The van der Waals surface area contributed by atoms with Crippen molar-refractivity contribution < 1.29 is 38.6 Å². The van der Waals surface area contributed by atoms with Crippen LogP contribution in [-0.4, -0.2) is 67.1 Å². The molecule has 0 aromatic heterocycles. The lowest BCUT2D eigenvalue weighted by molar-refractivity contribution is -0.274. The van der Waals surface area contributed by atoms with Crippen LogP contribution in [0.4, 0.5) is 0 Å². The third kappa shape index (κ3) is 6.13. The van der Waals surface area contributed by atoms with Crippen LogP contribution in [0.3, 0.4) is 0 Å². The van der Waals surface area contributed by atoms with Gasteiger partial charge < -0.3 is 38.6 Å². The van der Waals surface area contributed by atoms with Crippen LogP contribution in [0.2, 0.25) is 0 Å². The zero-order chi connectivity index (χ0) is 20.2. The van der Waals surface area contributed by atoms with E-state index in [1.807, 2.05) is 0 Å². The molecule has 2 aromatic carbocycles. The van der Waals surface area contributed by atoms with Gasteiger partial charge in [-0.15, -0.1) is 0 Å². The first-order chi connectivity index (χ1) is 13.7. The number of hydrogen-bond donors (Lipinski definition) is 0. The number of fused-ring (bicyclic) bond motifs is 1. The number of hydrogen-bond acceptors (Lipinski definition) is 8. The highest BCUT2D eigenvalue weighted by atomic mass is 16.6. The minimum absolute atomic E-state index is 0.101. The van der Waals surface area contributed by atoms with Crippen LogP contribution in [0, 0.1) is 0 Å². The summed E-state index contributed by atoms with van der Waals surface area (Å²) in [5.41, 5.74) is 0. The average Bonchev–Trinajstić information content (AvgIpc) is 2.72. The van der Waals surface area contributed by atoms with Gasteiger partial charge in [-0.1, -0.05) is 35.8 Å². The lowest BCUT2D eigenvalue weighted by Crippen LogP contribution is -2.15. The number of methoxy groups -OCH3 is 2. The normalized spacial score (nSPS) is 11.1. The van der Waals surface area contributed by atoms with Crippen molar-refractivity contribution in [2.75, 3.05) is 67.1 Å². The van der Waals surface area contributed by atoms with Crippen molar-refractivity contribution in [3.8, 4) is 23.0 Å². The van der Waals surface area contributed by atoms with Crippen LogP contribution in [-0.2, 0) is 18.9 Å². The van der Waals surface area contributed by atoms with Crippen LogP contribution in [0.25, 0.3) is 10.8 Å². The van der Waals surface area contributed by atoms with E-state index < -0.39 is 0 Å². The van der Waals surface area contributed by atoms with Crippen LogP contribution in [0.5, 0.6) is 23.0 Å². The smallest absolute Gasteiger partial charge is 0.153 e. The first-order valence-corrected chi connectivity index (χ1v) is 9.02. The molecular weight excluding hydrogens is 368 g/mol. The second-order valence-corrected chi connectivity index (χ2v) is 5.77. The molecule has 0 spiro atoms. The molecule has 28 heavy (non-hydrogen) atoms. The molecule has 0 aliphatic rings. The summed E-state index contributed by atoms with van der Waals surface area (Å²) in [5, 5.41) is 26.2. The third-order valence-corrected chi connectivity index (χ3v) is 3.85. The Labute approximate surface area is 164 Å². The summed E-state index contributed by atoms with van der Waals surface area (Å²) >= 11 is 0. The van der Waals surface area contributed by atoms with Gasteiger partial charge >= 0.3 is 0 Å². The Balaban J connectivity index is 2.10.